The number of rotatable bonds is 15. The topological polar surface area (TPSA) is 163 Å². The molecule has 4 aromatic heterocycles. The van der Waals surface area contributed by atoms with Gasteiger partial charge in [0.25, 0.3) is 0 Å². The molecule has 238 valence electrons. The molecule has 1 saturated carbocycles. The summed E-state index contributed by atoms with van der Waals surface area (Å²) in [6.07, 6.45) is 8.19. The third kappa shape index (κ3) is 9.70. The van der Waals surface area contributed by atoms with Crippen LogP contribution in [0.4, 0.5) is 10.3 Å². The molecule has 0 bridgehead atoms. The van der Waals surface area contributed by atoms with E-state index in [0.29, 0.717) is 53.0 Å². The average Bonchev–Trinajstić information content (AvgIpc) is 3.70. The van der Waals surface area contributed by atoms with Gasteiger partial charge < -0.3 is 24.8 Å². The number of hydrogen-bond donors (Lipinski definition) is 2. The third-order valence-corrected chi connectivity index (χ3v) is 9.04. The summed E-state index contributed by atoms with van der Waals surface area (Å²) in [5.74, 6) is 1.31. The van der Waals surface area contributed by atoms with Gasteiger partial charge in [0.1, 0.15) is 28.1 Å². The molecule has 4 aromatic rings. The fourth-order valence-corrected chi connectivity index (χ4v) is 6.76. The van der Waals surface area contributed by atoms with Crippen molar-refractivity contribution in [3.05, 3.63) is 58.1 Å². The number of ether oxygens (including phenoxy) is 3. The zero-order valence-electron chi connectivity index (χ0n) is 25.2. The van der Waals surface area contributed by atoms with Gasteiger partial charge in [-0.3, -0.25) is 19.6 Å². The zero-order chi connectivity index (χ0) is 31.4. The van der Waals surface area contributed by atoms with E-state index < -0.39 is 0 Å². The van der Waals surface area contributed by atoms with Gasteiger partial charge in [0.05, 0.1) is 37.4 Å². The van der Waals surface area contributed by atoms with Gasteiger partial charge in [-0.05, 0) is 37.8 Å². The predicted octanol–water partition coefficient (Wildman–Crippen LogP) is 4.80. The number of methoxy groups -OCH3 is 1. The van der Waals surface area contributed by atoms with E-state index in [0.717, 1.165) is 42.1 Å². The molecule has 2 N–H and O–H groups in total. The van der Waals surface area contributed by atoms with Crippen LogP contribution in [-0.2, 0) is 27.2 Å². The Kier molecular flexibility index (Phi) is 11.7. The first-order chi connectivity index (χ1) is 22.0. The summed E-state index contributed by atoms with van der Waals surface area (Å²) in [4.78, 5) is 33.9. The molecule has 0 radical (unpaired) electrons. The molecule has 15 heteroatoms. The van der Waals surface area contributed by atoms with Crippen LogP contribution in [0.3, 0.4) is 0 Å². The highest BCUT2D eigenvalue weighted by molar-refractivity contribution is 7.15. The summed E-state index contributed by atoms with van der Waals surface area (Å²) in [7, 11) is 1.61. The van der Waals surface area contributed by atoms with E-state index in [1.54, 1.807) is 43.8 Å². The van der Waals surface area contributed by atoms with Crippen molar-refractivity contribution in [2.45, 2.75) is 63.7 Å². The number of nitrogens with one attached hydrogen (secondary N) is 2. The van der Waals surface area contributed by atoms with Gasteiger partial charge in [0, 0.05) is 43.5 Å². The van der Waals surface area contributed by atoms with Crippen LogP contribution in [0.1, 0.15) is 72.3 Å². The van der Waals surface area contributed by atoms with Gasteiger partial charge in [-0.2, -0.15) is 0 Å². The molecule has 2 atom stereocenters. The van der Waals surface area contributed by atoms with Gasteiger partial charge in [-0.15, -0.1) is 20.4 Å². The molecule has 2 amide bonds. The minimum atomic E-state index is -0.225. The highest BCUT2D eigenvalue weighted by atomic mass is 32.1. The fraction of sp³-hybridized carbons (Fsp3) is 0.467. The van der Waals surface area contributed by atoms with Crippen LogP contribution in [0.5, 0.6) is 11.5 Å². The monoisotopic (exact) mass is 652 g/mol. The van der Waals surface area contributed by atoms with Gasteiger partial charge in [-0.1, -0.05) is 36.0 Å². The second-order valence-corrected chi connectivity index (χ2v) is 12.6. The molecule has 1 fully saturated rings. The number of carbonyl (C=O) groups excluding carboxylic acids is 2. The van der Waals surface area contributed by atoms with Crippen molar-refractivity contribution in [3.63, 3.8) is 0 Å². The lowest BCUT2D eigenvalue weighted by Gasteiger charge is -2.25. The predicted molar refractivity (Wildman–Crippen MR) is 170 cm³/mol. The number of aromatic nitrogens is 6. The zero-order valence-corrected chi connectivity index (χ0v) is 26.9. The van der Waals surface area contributed by atoms with Gasteiger partial charge in [0.2, 0.25) is 22.1 Å². The number of carbonyl (C=O) groups is 2. The molecule has 45 heavy (non-hydrogen) atoms. The van der Waals surface area contributed by atoms with Crippen LogP contribution < -0.4 is 20.1 Å². The van der Waals surface area contributed by atoms with E-state index in [1.807, 2.05) is 6.92 Å². The molecule has 13 nitrogen and oxygen atoms in total. The molecule has 1 aliphatic carbocycles. The Morgan fingerprint density at radius 2 is 1.33 bits per heavy atom. The van der Waals surface area contributed by atoms with Crippen LogP contribution >= 0.6 is 22.7 Å². The maximum Gasteiger partial charge on any atom is 0.232 e. The molecule has 1 aliphatic rings. The molecule has 5 rings (SSSR count). The quantitative estimate of drug-likeness (QED) is 0.170. The van der Waals surface area contributed by atoms with E-state index >= 15 is 0 Å². The molecule has 0 spiro atoms. The Labute approximate surface area is 269 Å². The Morgan fingerprint density at radius 1 is 0.800 bits per heavy atom. The van der Waals surface area contributed by atoms with Crippen molar-refractivity contribution < 1.29 is 23.8 Å². The van der Waals surface area contributed by atoms with Crippen molar-refractivity contribution in [2.24, 2.45) is 0 Å². The number of nitrogens with zero attached hydrogens (tertiary/aromatic N) is 6. The van der Waals surface area contributed by atoms with Crippen LogP contribution in [0.15, 0.2) is 36.7 Å². The van der Waals surface area contributed by atoms with Crippen molar-refractivity contribution in [3.8, 4) is 11.5 Å². The Hall–Kier alpha value is -4.08. The number of hydrogen-bond acceptors (Lipinski definition) is 13. The molecular weight excluding hydrogens is 617 g/mol. The highest BCUT2D eigenvalue weighted by Crippen LogP contribution is 2.43. The SMILES string of the molecule is CCCOc1ccnc(CC(=O)Nc2nnc([C@H]3CCC[C@H](c4nnc(NC(=O)Cc5cc(OCCOC)ccn5)s4)C3)s2)c1. The summed E-state index contributed by atoms with van der Waals surface area (Å²) >= 11 is 2.79. The van der Waals surface area contributed by atoms with Crippen molar-refractivity contribution in [2.75, 3.05) is 37.6 Å². The largest absolute Gasteiger partial charge is 0.493 e. The molecule has 0 aliphatic heterocycles. The first kappa shape index (κ1) is 32.3. The second-order valence-electron chi connectivity index (χ2n) is 10.6. The Balaban J connectivity index is 1.11. The normalized spacial score (nSPS) is 16.2. The van der Waals surface area contributed by atoms with Crippen molar-refractivity contribution in [1.29, 1.82) is 0 Å². The lowest BCUT2D eigenvalue weighted by Crippen LogP contribution is -2.15. The molecule has 4 heterocycles. The fourth-order valence-electron chi connectivity index (χ4n) is 4.94. The van der Waals surface area contributed by atoms with E-state index in [4.69, 9.17) is 14.2 Å². The van der Waals surface area contributed by atoms with Gasteiger partial charge in [-0.25, -0.2) is 0 Å². The summed E-state index contributed by atoms with van der Waals surface area (Å²) in [5, 5.41) is 25.6. The van der Waals surface area contributed by atoms with Crippen molar-refractivity contribution in [1.82, 2.24) is 30.4 Å². The summed E-state index contributed by atoms with van der Waals surface area (Å²) < 4.78 is 16.2. The van der Waals surface area contributed by atoms with Gasteiger partial charge >= 0.3 is 0 Å². The Bertz CT molecular complexity index is 1560. The summed E-state index contributed by atoms with van der Waals surface area (Å²) in [6, 6.07) is 7.05. The standard InChI is InChI=1S/C30H36N8O5S2/c1-3-11-42-23-7-9-31-21(15-23)17-25(39)33-29-37-35-27(44-29)19-5-4-6-20(14-19)28-36-38-30(45-28)34-26(40)18-22-16-24(8-10-32-22)43-13-12-41-2/h7-10,15-16,19-20H,3-6,11-14,17-18H2,1-2H3,(H,33,37,39)(H,34,38,40)/t19-,20-/m0/s1. The molecule has 0 unspecified atom stereocenters. The Morgan fingerprint density at radius 3 is 1.84 bits per heavy atom. The van der Waals surface area contributed by atoms with Crippen molar-refractivity contribution >= 4 is 44.8 Å². The summed E-state index contributed by atoms with van der Waals surface area (Å²) in [5.41, 5.74) is 1.22. The van der Waals surface area contributed by atoms with E-state index in [9.17, 15) is 9.59 Å². The van der Waals surface area contributed by atoms with Crippen LogP contribution in [-0.4, -0.2) is 69.1 Å². The lowest BCUT2D eigenvalue weighted by molar-refractivity contribution is -0.116. The van der Waals surface area contributed by atoms with Crippen LogP contribution in [0, 0.1) is 0 Å². The molecule has 0 aromatic carbocycles. The molecule has 0 saturated heterocycles. The minimum Gasteiger partial charge on any atom is -0.493 e. The minimum absolute atomic E-state index is 0.0914. The number of amides is 2. The van der Waals surface area contributed by atoms with Crippen LogP contribution in [0.2, 0.25) is 0 Å². The first-order valence-corrected chi connectivity index (χ1v) is 16.5. The molecular formula is C30H36N8O5S2. The highest BCUT2D eigenvalue weighted by Gasteiger charge is 2.29. The first-order valence-electron chi connectivity index (χ1n) is 14.9. The third-order valence-electron chi connectivity index (χ3n) is 7.04. The van der Waals surface area contributed by atoms with E-state index in [2.05, 4.69) is 41.0 Å². The average molecular weight is 653 g/mol. The number of anilines is 2. The maximum atomic E-state index is 12.7. The maximum absolute atomic E-state index is 12.7. The summed E-state index contributed by atoms with van der Waals surface area (Å²) in [6.45, 7) is 3.55. The lowest BCUT2D eigenvalue weighted by atomic mass is 9.82. The van der Waals surface area contributed by atoms with Crippen LogP contribution in [0.25, 0.3) is 0 Å². The van der Waals surface area contributed by atoms with E-state index in [1.165, 1.54) is 22.7 Å². The van der Waals surface area contributed by atoms with E-state index in [-0.39, 0.29) is 36.5 Å². The smallest absolute Gasteiger partial charge is 0.232 e. The number of pyridine rings is 2. The van der Waals surface area contributed by atoms with Gasteiger partial charge in [0.15, 0.2) is 0 Å². The second kappa shape index (κ2) is 16.3.